The molecule has 0 unspecified atom stereocenters. The van der Waals surface area contributed by atoms with Gasteiger partial charge in [-0.25, -0.2) is 13.8 Å². The number of carbonyl (C=O) groups excluding carboxylic acids is 1. The third-order valence-electron chi connectivity index (χ3n) is 3.99. The fraction of sp³-hybridized carbons (Fsp3) is 0.188. The monoisotopic (exact) mass is 346 g/mol. The molecule has 0 aliphatic carbocycles. The standard InChI is InChI=1S/C16H12F2N4OS/c1-21-5-10(4-20-21)9-2-12(17)11(13(18)3-9)6-22-7-14-15(16(22)23)24-8-19-14/h2-5,8H,6-7H2,1H3. The average molecular weight is 346 g/mol. The fourth-order valence-corrected chi connectivity index (χ4v) is 3.53. The number of amides is 1. The van der Waals surface area contributed by atoms with Crippen molar-refractivity contribution in [2.45, 2.75) is 13.1 Å². The molecular weight excluding hydrogens is 334 g/mol. The molecule has 0 saturated heterocycles. The van der Waals surface area contributed by atoms with E-state index in [1.807, 2.05) is 0 Å². The molecule has 3 heterocycles. The molecule has 0 N–H and O–H groups in total. The summed E-state index contributed by atoms with van der Waals surface area (Å²) in [6.45, 7) is 0.161. The Hall–Kier alpha value is -2.61. The second-order valence-corrected chi connectivity index (χ2v) is 6.47. The van der Waals surface area contributed by atoms with Gasteiger partial charge in [0.2, 0.25) is 0 Å². The molecule has 1 aliphatic rings. The van der Waals surface area contributed by atoms with E-state index in [0.717, 1.165) is 0 Å². The van der Waals surface area contributed by atoms with Gasteiger partial charge in [-0.1, -0.05) is 0 Å². The lowest BCUT2D eigenvalue weighted by molar-refractivity contribution is 0.0766. The molecule has 0 radical (unpaired) electrons. The first-order valence-corrected chi connectivity index (χ1v) is 8.09. The highest BCUT2D eigenvalue weighted by molar-refractivity contribution is 7.12. The van der Waals surface area contributed by atoms with Crippen LogP contribution in [0.25, 0.3) is 11.1 Å². The Bertz CT molecular complexity index is 926. The summed E-state index contributed by atoms with van der Waals surface area (Å²) in [6.07, 6.45) is 3.23. The van der Waals surface area contributed by atoms with Gasteiger partial charge in [-0.2, -0.15) is 5.10 Å². The summed E-state index contributed by atoms with van der Waals surface area (Å²) in [6, 6.07) is 2.54. The Morgan fingerprint density at radius 3 is 2.62 bits per heavy atom. The minimum atomic E-state index is -0.676. The third-order valence-corrected chi connectivity index (χ3v) is 4.85. The van der Waals surface area contributed by atoms with Crippen molar-refractivity contribution >= 4 is 17.2 Å². The van der Waals surface area contributed by atoms with Crippen molar-refractivity contribution in [2.75, 3.05) is 0 Å². The van der Waals surface area contributed by atoms with Gasteiger partial charge in [0.15, 0.2) is 0 Å². The number of aryl methyl sites for hydroxylation is 1. The molecule has 3 aromatic rings. The maximum atomic E-state index is 14.4. The maximum Gasteiger partial charge on any atom is 0.266 e. The van der Waals surface area contributed by atoms with Crippen LogP contribution in [-0.2, 0) is 20.1 Å². The number of aromatic nitrogens is 3. The van der Waals surface area contributed by atoms with E-state index in [9.17, 15) is 13.6 Å². The number of halogens is 2. The number of hydrogen-bond acceptors (Lipinski definition) is 4. The van der Waals surface area contributed by atoms with Crippen LogP contribution < -0.4 is 0 Å². The first kappa shape index (κ1) is 14.9. The molecule has 0 spiro atoms. The first-order chi connectivity index (χ1) is 11.5. The average Bonchev–Trinajstić information content (AvgIpc) is 3.22. The topological polar surface area (TPSA) is 51.0 Å². The van der Waals surface area contributed by atoms with Crippen molar-refractivity contribution in [1.29, 1.82) is 0 Å². The molecule has 24 heavy (non-hydrogen) atoms. The Kier molecular flexibility index (Phi) is 3.42. The molecule has 0 atom stereocenters. The first-order valence-electron chi connectivity index (χ1n) is 7.21. The molecular formula is C16H12F2N4OS. The highest BCUT2D eigenvalue weighted by Gasteiger charge is 2.31. The Balaban J connectivity index is 1.63. The van der Waals surface area contributed by atoms with E-state index in [-0.39, 0.29) is 24.6 Å². The molecule has 4 rings (SSSR count). The number of benzene rings is 1. The lowest BCUT2D eigenvalue weighted by Crippen LogP contribution is -2.24. The van der Waals surface area contributed by atoms with Crippen molar-refractivity contribution in [2.24, 2.45) is 7.05 Å². The maximum absolute atomic E-state index is 14.4. The summed E-state index contributed by atoms with van der Waals surface area (Å²) < 4.78 is 30.4. The zero-order valence-corrected chi connectivity index (χ0v) is 13.5. The van der Waals surface area contributed by atoms with Gasteiger partial charge in [0.1, 0.15) is 16.5 Å². The quantitative estimate of drug-likeness (QED) is 0.733. The number of carbonyl (C=O) groups is 1. The Morgan fingerprint density at radius 2 is 2.00 bits per heavy atom. The molecule has 0 saturated carbocycles. The van der Waals surface area contributed by atoms with E-state index in [1.165, 1.54) is 28.4 Å². The van der Waals surface area contributed by atoms with Gasteiger partial charge >= 0.3 is 0 Å². The smallest absolute Gasteiger partial charge is 0.266 e. The van der Waals surface area contributed by atoms with Crippen LogP contribution in [0.5, 0.6) is 0 Å². The number of thiazole rings is 1. The molecule has 122 valence electrons. The second kappa shape index (κ2) is 5.48. The lowest BCUT2D eigenvalue weighted by Gasteiger charge is -2.17. The summed E-state index contributed by atoms with van der Waals surface area (Å²) in [4.78, 5) is 18.3. The van der Waals surface area contributed by atoms with Crippen LogP contribution in [0.4, 0.5) is 8.78 Å². The van der Waals surface area contributed by atoms with Crippen LogP contribution in [0.15, 0.2) is 30.0 Å². The van der Waals surface area contributed by atoms with Crippen LogP contribution in [0.2, 0.25) is 0 Å². The minimum Gasteiger partial charge on any atom is -0.327 e. The SMILES string of the molecule is Cn1cc(-c2cc(F)c(CN3Cc4ncsc4C3=O)c(F)c2)cn1. The largest absolute Gasteiger partial charge is 0.327 e. The van der Waals surface area contributed by atoms with Gasteiger partial charge in [-0.05, 0) is 17.7 Å². The van der Waals surface area contributed by atoms with Crippen molar-refractivity contribution in [3.63, 3.8) is 0 Å². The summed E-state index contributed by atoms with van der Waals surface area (Å²) >= 11 is 1.25. The third kappa shape index (κ3) is 2.39. The number of nitrogens with zero attached hydrogens (tertiary/aromatic N) is 4. The van der Waals surface area contributed by atoms with Crippen LogP contribution in [-0.4, -0.2) is 25.6 Å². The summed E-state index contributed by atoms with van der Waals surface area (Å²) in [7, 11) is 1.73. The number of rotatable bonds is 3. The van der Waals surface area contributed by atoms with Gasteiger partial charge in [0.05, 0.1) is 30.5 Å². The van der Waals surface area contributed by atoms with Crippen molar-refractivity contribution in [3.05, 3.63) is 57.8 Å². The molecule has 1 amide bonds. The van der Waals surface area contributed by atoms with E-state index in [0.29, 0.717) is 21.7 Å². The zero-order chi connectivity index (χ0) is 16.8. The minimum absolute atomic E-state index is 0.118. The molecule has 0 fully saturated rings. The Labute approximate surface area is 140 Å². The van der Waals surface area contributed by atoms with E-state index in [1.54, 1.807) is 29.6 Å². The predicted octanol–water partition coefficient (Wildman–Crippen LogP) is 2.98. The molecule has 0 bridgehead atoms. The predicted molar refractivity (Wildman–Crippen MR) is 84.3 cm³/mol. The van der Waals surface area contributed by atoms with Gasteiger partial charge in [-0.15, -0.1) is 11.3 Å². The summed E-state index contributed by atoms with van der Waals surface area (Å²) in [5.74, 6) is -1.59. The van der Waals surface area contributed by atoms with Crippen molar-refractivity contribution < 1.29 is 13.6 Å². The van der Waals surface area contributed by atoms with Crippen molar-refractivity contribution in [1.82, 2.24) is 19.7 Å². The van der Waals surface area contributed by atoms with Gasteiger partial charge in [-0.3, -0.25) is 9.48 Å². The second-order valence-electron chi connectivity index (χ2n) is 5.61. The molecule has 8 heteroatoms. The number of fused-ring (bicyclic) bond motifs is 1. The summed E-state index contributed by atoms with van der Waals surface area (Å²) in [5, 5.41) is 4.00. The highest BCUT2D eigenvalue weighted by Crippen LogP contribution is 2.29. The van der Waals surface area contributed by atoms with E-state index >= 15 is 0 Å². The Morgan fingerprint density at radius 1 is 1.25 bits per heavy atom. The van der Waals surface area contributed by atoms with Crippen molar-refractivity contribution in [3.8, 4) is 11.1 Å². The number of hydrogen-bond donors (Lipinski definition) is 0. The van der Waals surface area contributed by atoms with Crippen LogP contribution >= 0.6 is 11.3 Å². The van der Waals surface area contributed by atoms with Gasteiger partial charge in [0, 0.05) is 24.4 Å². The summed E-state index contributed by atoms with van der Waals surface area (Å²) in [5.41, 5.74) is 3.19. The van der Waals surface area contributed by atoms with E-state index in [4.69, 9.17) is 0 Å². The molecule has 5 nitrogen and oxygen atoms in total. The lowest BCUT2D eigenvalue weighted by atomic mass is 10.1. The normalized spacial score (nSPS) is 13.6. The fourth-order valence-electron chi connectivity index (χ4n) is 2.76. The highest BCUT2D eigenvalue weighted by atomic mass is 32.1. The van der Waals surface area contributed by atoms with Crippen LogP contribution in [0.3, 0.4) is 0 Å². The van der Waals surface area contributed by atoms with E-state index in [2.05, 4.69) is 10.1 Å². The molecule has 1 aromatic carbocycles. The van der Waals surface area contributed by atoms with Crippen LogP contribution in [0, 0.1) is 11.6 Å². The van der Waals surface area contributed by atoms with Gasteiger partial charge in [0.25, 0.3) is 5.91 Å². The van der Waals surface area contributed by atoms with Gasteiger partial charge < -0.3 is 4.90 Å². The molecule has 1 aliphatic heterocycles. The zero-order valence-electron chi connectivity index (χ0n) is 12.7. The molecule has 2 aromatic heterocycles. The van der Waals surface area contributed by atoms with E-state index < -0.39 is 11.6 Å². The van der Waals surface area contributed by atoms with Crippen LogP contribution in [0.1, 0.15) is 20.9 Å².